The van der Waals surface area contributed by atoms with Gasteiger partial charge in [0.15, 0.2) is 0 Å². The number of hydrogen-bond donors (Lipinski definition) is 2. The Morgan fingerprint density at radius 2 is 2.05 bits per heavy atom. The number of hydrogen-bond acceptors (Lipinski definition) is 2. The Morgan fingerprint density at radius 1 is 1.40 bits per heavy atom. The molecule has 0 aliphatic heterocycles. The monoisotopic (exact) mass is 273 g/mol. The van der Waals surface area contributed by atoms with Gasteiger partial charge in [-0.25, -0.2) is 4.79 Å². The van der Waals surface area contributed by atoms with Crippen molar-refractivity contribution >= 4 is 18.0 Å². The Balaban J connectivity index is 2.16. The van der Waals surface area contributed by atoms with Gasteiger partial charge in [-0.15, -0.1) is 0 Å². The van der Waals surface area contributed by atoms with Crippen LogP contribution in [-0.4, -0.2) is 23.0 Å². The van der Waals surface area contributed by atoms with E-state index in [1.54, 1.807) is 12.1 Å². The quantitative estimate of drug-likeness (QED) is 0.829. The number of carbonyl (C=O) groups is 2. The minimum Gasteiger partial charge on any atom is -0.478 e. The number of aliphatic carboxylic acids is 1. The van der Waals surface area contributed by atoms with E-state index in [0.29, 0.717) is 11.1 Å². The van der Waals surface area contributed by atoms with Crippen LogP contribution in [0.15, 0.2) is 24.3 Å². The largest absolute Gasteiger partial charge is 0.478 e. The van der Waals surface area contributed by atoms with E-state index in [4.69, 9.17) is 5.11 Å². The molecule has 2 rings (SSSR count). The lowest BCUT2D eigenvalue weighted by Gasteiger charge is -2.10. The third-order valence-electron chi connectivity index (χ3n) is 3.74. The van der Waals surface area contributed by atoms with Gasteiger partial charge in [-0.1, -0.05) is 26.0 Å². The van der Waals surface area contributed by atoms with Crippen molar-refractivity contribution in [2.24, 2.45) is 5.41 Å². The SMILES string of the molecule is Cc1ccc(C=CC(=O)O)cc1C(=O)NC1CC1(C)C. The van der Waals surface area contributed by atoms with E-state index in [1.807, 2.05) is 13.0 Å². The van der Waals surface area contributed by atoms with Crippen LogP contribution in [0.3, 0.4) is 0 Å². The van der Waals surface area contributed by atoms with Crippen LogP contribution < -0.4 is 5.32 Å². The molecular weight excluding hydrogens is 254 g/mol. The smallest absolute Gasteiger partial charge is 0.328 e. The third-order valence-corrected chi connectivity index (χ3v) is 3.74. The fourth-order valence-electron chi connectivity index (χ4n) is 2.10. The van der Waals surface area contributed by atoms with Gasteiger partial charge in [0.05, 0.1) is 0 Å². The third kappa shape index (κ3) is 3.26. The summed E-state index contributed by atoms with van der Waals surface area (Å²) in [6.45, 7) is 6.12. The second-order valence-electron chi connectivity index (χ2n) is 5.96. The van der Waals surface area contributed by atoms with Crippen molar-refractivity contribution < 1.29 is 14.7 Å². The first kappa shape index (κ1) is 14.3. The zero-order valence-corrected chi connectivity index (χ0v) is 11.9. The van der Waals surface area contributed by atoms with Crippen LogP contribution in [0.25, 0.3) is 6.08 Å². The van der Waals surface area contributed by atoms with Crippen molar-refractivity contribution in [2.75, 3.05) is 0 Å². The molecule has 1 unspecified atom stereocenters. The van der Waals surface area contributed by atoms with Crippen molar-refractivity contribution in [2.45, 2.75) is 33.2 Å². The average Bonchev–Trinajstić information content (AvgIpc) is 2.95. The first-order chi connectivity index (χ1) is 9.29. The van der Waals surface area contributed by atoms with Gasteiger partial charge in [0.2, 0.25) is 0 Å². The molecule has 0 heterocycles. The van der Waals surface area contributed by atoms with E-state index in [0.717, 1.165) is 18.1 Å². The van der Waals surface area contributed by atoms with E-state index >= 15 is 0 Å². The van der Waals surface area contributed by atoms with E-state index in [2.05, 4.69) is 19.2 Å². The van der Waals surface area contributed by atoms with E-state index in [-0.39, 0.29) is 17.4 Å². The molecule has 1 aromatic rings. The molecule has 0 aromatic heterocycles. The van der Waals surface area contributed by atoms with Gasteiger partial charge >= 0.3 is 5.97 Å². The molecule has 1 aliphatic carbocycles. The summed E-state index contributed by atoms with van der Waals surface area (Å²) in [6.07, 6.45) is 3.55. The normalized spacial score (nSPS) is 19.9. The molecule has 2 N–H and O–H groups in total. The number of nitrogens with one attached hydrogen (secondary N) is 1. The van der Waals surface area contributed by atoms with E-state index < -0.39 is 5.97 Å². The fraction of sp³-hybridized carbons (Fsp3) is 0.375. The Morgan fingerprint density at radius 3 is 2.60 bits per heavy atom. The van der Waals surface area contributed by atoms with Crippen LogP contribution in [0, 0.1) is 12.3 Å². The number of carboxylic acid groups (broad SMARTS) is 1. The summed E-state index contributed by atoms with van der Waals surface area (Å²) >= 11 is 0. The molecule has 0 spiro atoms. The second-order valence-corrected chi connectivity index (χ2v) is 5.96. The predicted octanol–water partition coefficient (Wildman–Crippen LogP) is 2.62. The van der Waals surface area contributed by atoms with Crippen LogP contribution in [-0.2, 0) is 4.79 Å². The maximum Gasteiger partial charge on any atom is 0.328 e. The molecular formula is C16H19NO3. The minimum atomic E-state index is -1.00. The summed E-state index contributed by atoms with van der Waals surface area (Å²) in [4.78, 5) is 22.8. The maximum atomic E-state index is 12.2. The van der Waals surface area contributed by atoms with Crippen molar-refractivity contribution in [3.05, 3.63) is 41.0 Å². The van der Waals surface area contributed by atoms with E-state index in [1.165, 1.54) is 6.08 Å². The first-order valence-electron chi connectivity index (χ1n) is 6.62. The number of carbonyl (C=O) groups excluding carboxylic acids is 1. The Bertz CT molecular complexity index is 587. The van der Waals surface area contributed by atoms with E-state index in [9.17, 15) is 9.59 Å². The lowest BCUT2D eigenvalue weighted by atomic mass is 10.0. The summed E-state index contributed by atoms with van der Waals surface area (Å²) in [5.41, 5.74) is 2.37. The fourth-order valence-corrected chi connectivity index (χ4v) is 2.10. The van der Waals surface area contributed by atoms with Crippen LogP contribution >= 0.6 is 0 Å². The first-order valence-corrected chi connectivity index (χ1v) is 6.62. The standard InChI is InChI=1S/C16H19NO3/c1-10-4-5-11(6-7-14(18)19)8-12(10)15(20)17-13-9-16(13,2)3/h4-8,13H,9H2,1-3H3,(H,17,20)(H,18,19). The Hall–Kier alpha value is -2.10. The average molecular weight is 273 g/mol. The zero-order chi connectivity index (χ0) is 14.9. The minimum absolute atomic E-state index is 0.0938. The summed E-state index contributed by atoms with van der Waals surface area (Å²) < 4.78 is 0. The van der Waals surface area contributed by atoms with Gasteiger partial charge in [0, 0.05) is 17.7 Å². The molecule has 0 radical (unpaired) electrons. The number of benzene rings is 1. The van der Waals surface area contributed by atoms with Crippen molar-refractivity contribution in [3.63, 3.8) is 0 Å². The number of amides is 1. The van der Waals surface area contributed by atoms with Crippen LogP contribution in [0.4, 0.5) is 0 Å². The van der Waals surface area contributed by atoms with Gasteiger partial charge < -0.3 is 10.4 Å². The molecule has 4 heteroatoms. The molecule has 0 saturated heterocycles. The lowest BCUT2D eigenvalue weighted by molar-refractivity contribution is -0.131. The Kier molecular flexibility index (Phi) is 3.66. The number of aryl methyl sites for hydroxylation is 1. The summed E-state index contributed by atoms with van der Waals surface area (Å²) in [5.74, 6) is -1.10. The molecule has 20 heavy (non-hydrogen) atoms. The van der Waals surface area contributed by atoms with Gasteiger partial charge in [-0.3, -0.25) is 4.79 Å². The van der Waals surface area contributed by atoms with Crippen molar-refractivity contribution in [1.29, 1.82) is 0 Å². The van der Waals surface area contributed by atoms with Gasteiger partial charge in [-0.2, -0.15) is 0 Å². The lowest BCUT2D eigenvalue weighted by Crippen LogP contribution is -2.29. The molecule has 1 saturated carbocycles. The summed E-state index contributed by atoms with van der Waals surface area (Å²) in [7, 11) is 0. The van der Waals surface area contributed by atoms with Gasteiger partial charge in [-0.05, 0) is 42.0 Å². The maximum absolute atomic E-state index is 12.2. The summed E-state index contributed by atoms with van der Waals surface area (Å²) in [6, 6.07) is 5.58. The molecule has 1 amide bonds. The highest BCUT2D eigenvalue weighted by molar-refractivity contribution is 5.97. The van der Waals surface area contributed by atoms with Crippen LogP contribution in [0.5, 0.6) is 0 Å². The number of carboxylic acids is 1. The topological polar surface area (TPSA) is 66.4 Å². The van der Waals surface area contributed by atoms with Crippen molar-refractivity contribution in [3.8, 4) is 0 Å². The summed E-state index contributed by atoms with van der Waals surface area (Å²) in [5, 5.41) is 11.6. The van der Waals surface area contributed by atoms with Crippen molar-refractivity contribution in [1.82, 2.24) is 5.32 Å². The second kappa shape index (κ2) is 5.12. The van der Waals surface area contributed by atoms with Crippen LogP contribution in [0.2, 0.25) is 0 Å². The molecule has 106 valence electrons. The Labute approximate surface area is 118 Å². The predicted molar refractivity (Wildman–Crippen MR) is 77.5 cm³/mol. The van der Waals surface area contributed by atoms with Gasteiger partial charge in [0.25, 0.3) is 5.91 Å². The highest BCUT2D eigenvalue weighted by Crippen LogP contribution is 2.44. The molecule has 1 fully saturated rings. The molecule has 4 nitrogen and oxygen atoms in total. The van der Waals surface area contributed by atoms with Crippen LogP contribution in [0.1, 0.15) is 41.8 Å². The molecule has 0 bridgehead atoms. The number of rotatable bonds is 4. The molecule has 1 aliphatic rings. The highest BCUT2D eigenvalue weighted by Gasteiger charge is 2.46. The highest BCUT2D eigenvalue weighted by atomic mass is 16.4. The molecule has 1 aromatic carbocycles. The molecule has 1 atom stereocenters. The van der Waals surface area contributed by atoms with Gasteiger partial charge in [0.1, 0.15) is 0 Å². The zero-order valence-electron chi connectivity index (χ0n) is 11.9.